The molecule has 12 nitrogen and oxygen atoms in total. The summed E-state index contributed by atoms with van der Waals surface area (Å²) >= 11 is 0. The Morgan fingerprint density at radius 3 is 2.49 bits per heavy atom. The Kier molecular flexibility index (Phi) is 9.77. The Morgan fingerprint density at radius 2 is 1.76 bits per heavy atom. The number of carbonyl (C=O) groups excluding carboxylic acids is 1. The third-order valence-corrected chi connectivity index (χ3v) is 10.4. The Morgan fingerprint density at radius 1 is 0.980 bits per heavy atom. The number of piperazine rings is 1. The average Bonchev–Trinajstić information content (AvgIpc) is 3.50. The highest BCUT2D eigenvalue weighted by atomic mass is 16.5. The zero-order valence-electron chi connectivity index (χ0n) is 28.3. The fourth-order valence-corrected chi connectivity index (χ4v) is 7.75. The number of anilines is 2. The number of fused-ring (bicyclic) bond motifs is 3. The van der Waals surface area contributed by atoms with Crippen LogP contribution >= 0.6 is 0 Å². The summed E-state index contributed by atoms with van der Waals surface area (Å²) in [4.78, 5) is 44.0. The molecule has 0 radical (unpaired) electrons. The predicted molar refractivity (Wildman–Crippen MR) is 187 cm³/mol. The monoisotopic (exact) mass is 667 g/mol. The predicted octanol–water partition coefficient (Wildman–Crippen LogP) is 5.35. The summed E-state index contributed by atoms with van der Waals surface area (Å²) in [5.74, 6) is 0.611. The lowest BCUT2D eigenvalue weighted by Crippen LogP contribution is -2.48. The van der Waals surface area contributed by atoms with Crippen LogP contribution in [0.2, 0.25) is 0 Å². The Bertz CT molecular complexity index is 1770. The molecule has 1 N–H and O–H groups in total. The zero-order valence-corrected chi connectivity index (χ0v) is 28.3. The second-order valence-electron chi connectivity index (χ2n) is 13.4. The molecule has 49 heavy (non-hydrogen) atoms. The molecule has 2 aromatic heterocycles. The van der Waals surface area contributed by atoms with E-state index in [0.29, 0.717) is 12.6 Å². The summed E-state index contributed by atoms with van der Waals surface area (Å²) in [5, 5.41) is 9.11. The van der Waals surface area contributed by atoms with Gasteiger partial charge in [-0.1, -0.05) is 30.3 Å². The number of carboxylic acid groups (broad SMARTS) is 1. The summed E-state index contributed by atoms with van der Waals surface area (Å²) in [6.45, 7) is 6.94. The van der Waals surface area contributed by atoms with Crippen molar-refractivity contribution in [3.05, 3.63) is 77.4 Å². The maximum absolute atomic E-state index is 12.8. The van der Waals surface area contributed by atoms with Gasteiger partial charge in [-0.05, 0) is 63.1 Å². The molecule has 7 rings (SSSR count). The Hall–Kier alpha value is -4.55. The van der Waals surface area contributed by atoms with Crippen molar-refractivity contribution in [2.75, 3.05) is 56.2 Å². The Balaban J connectivity index is 1.03. The highest BCUT2D eigenvalue weighted by Crippen LogP contribution is 2.40. The van der Waals surface area contributed by atoms with Crippen molar-refractivity contribution in [3.63, 3.8) is 0 Å². The molecule has 2 fully saturated rings. The number of carboxylic acids is 1. The first-order valence-corrected chi connectivity index (χ1v) is 17.5. The fraction of sp³-hybridized carbons (Fsp3) is 0.486. The lowest BCUT2D eigenvalue weighted by Gasteiger charge is -2.35. The number of nitrogens with zero attached hydrogens (tertiary/aromatic N) is 7. The van der Waals surface area contributed by atoms with E-state index in [9.17, 15) is 9.59 Å². The summed E-state index contributed by atoms with van der Waals surface area (Å²) in [6.07, 6.45) is 9.22. The summed E-state index contributed by atoms with van der Waals surface area (Å²) in [7, 11) is 1.44. The molecule has 1 saturated carbocycles. The first kappa shape index (κ1) is 33.0. The fourth-order valence-electron chi connectivity index (χ4n) is 7.75. The minimum Gasteiger partial charge on any atom is -0.478 e. The summed E-state index contributed by atoms with van der Waals surface area (Å²) in [5.41, 5.74) is 5.48. The number of methoxy groups -OCH3 is 1. The van der Waals surface area contributed by atoms with Gasteiger partial charge in [0.05, 0.1) is 42.1 Å². The van der Waals surface area contributed by atoms with Gasteiger partial charge in [0.15, 0.2) is 0 Å². The van der Waals surface area contributed by atoms with Crippen molar-refractivity contribution in [3.8, 4) is 0 Å². The van der Waals surface area contributed by atoms with Crippen molar-refractivity contribution >= 4 is 34.7 Å². The van der Waals surface area contributed by atoms with Gasteiger partial charge in [-0.15, -0.1) is 0 Å². The molecule has 4 heterocycles. The maximum atomic E-state index is 12.8. The van der Waals surface area contributed by atoms with Crippen LogP contribution in [-0.2, 0) is 22.3 Å². The van der Waals surface area contributed by atoms with Crippen molar-refractivity contribution in [1.29, 1.82) is 0 Å². The van der Waals surface area contributed by atoms with Gasteiger partial charge in [0.2, 0.25) is 5.95 Å². The topological polar surface area (TPSA) is 126 Å². The molecule has 3 aliphatic rings. The zero-order chi connectivity index (χ0) is 33.9. The molecule has 3 atom stereocenters. The van der Waals surface area contributed by atoms with E-state index < -0.39 is 5.97 Å². The van der Waals surface area contributed by atoms with Crippen LogP contribution in [0.4, 0.5) is 16.4 Å². The molecular weight excluding hydrogens is 622 g/mol. The van der Waals surface area contributed by atoms with E-state index in [4.69, 9.17) is 19.6 Å². The highest BCUT2D eigenvalue weighted by Gasteiger charge is 2.33. The van der Waals surface area contributed by atoms with E-state index in [0.717, 1.165) is 106 Å². The van der Waals surface area contributed by atoms with Crippen LogP contribution in [0, 0.1) is 0 Å². The van der Waals surface area contributed by atoms with Gasteiger partial charge in [-0.25, -0.2) is 24.5 Å². The number of hydrogen-bond donors (Lipinski definition) is 1. The quantitative estimate of drug-likeness (QED) is 0.250. The number of carbonyl (C=O) groups is 2. The first-order valence-electron chi connectivity index (χ1n) is 17.5. The van der Waals surface area contributed by atoms with Gasteiger partial charge in [0.1, 0.15) is 5.82 Å². The number of benzene rings is 2. The molecule has 258 valence electrons. The van der Waals surface area contributed by atoms with Gasteiger partial charge in [-0.2, -0.15) is 0 Å². The number of aromatic carboxylic acids is 1. The molecule has 0 spiro atoms. The van der Waals surface area contributed by atoms with Crippen LogP contribution < -0.4 is 9.80 Å². The van der Waals surface area contributed by atoms with E-state index >= 15 is 0 Å². The number of aromatic nitrogens is 4. The standard InChI is InChI=1S/C37H45N7O5/c1-25-11-12-30-31(43(25)37(47)48-2)13-14-32-34(30)40-33(21-26-7-4-3-5-8-26)44(32)28-9-6-10-29(22-28)49-20-19-41-15-17-42(18-16-41)36-38-23-27(24-39-36)35(45)46/h3-5,7-8,13-14,23-25,28-29H,6,9-12,15-22H2,1-2H3,(H,45,46)/t25-,28+,29+/m0/s1. The number of amides is 1. The van der Waals surface area contributed by atoms with E-state index in [2.05, 4.69) is 67.7 Å². The van der Waals surface area contributed by atoms with Crippen molar-refractivity contribution in [2.45, 2.75) is 70.1 Å². The lowest BCUT2D eigenvalue weighted by atomic mass is 9.91. The molecule has 1 saturated heterocycles. The number of imidazole rings is 1. The normalized spacial score (nSPS) is 21.5. The van der Waals surface area contributed by atoms with Crippen LogP contribution in [-0.4, -0.2) is 100 Å². The van der Waals surface area contributed by atoms with Crippen LogP contribution in [0.25, 0.3) is 11.0 Å². The molecule has 2 aliphatic heterocycles. The molecule has 0 bridgehead atoms. The van der Waals surface area contributed by atoms with Crippen LogP contribution in [0.3, 0.4) is 0 Å². The number of rotatable bonds is 9. The number of ether oxygens (including phenoxy) is 2. The first-order chi connectivity index (χ1) is 23.9. The van der Waals surface area contributed by atoms with Gasteiger partial charge < -0.3 is 24.0 Å². The SMILES string of the molecule is COC(=O)N1c2ccc3c(nc(Cc4ccccc4)n3[C@@H]3CCC[C@@H](OCCN4CCN(c5ncc(C(=O)O)cn5)CC4)C3)c2CC[C@@H]1C. The average molecular weight is 668 g/mol. The van der Waals surface area contributed by atoms with Crippen molar-refractivity contribution < 1.29 is 24.2 Å². The van der Waals surface area contributed by atoms with Crippen molar-refractivity contribution in [2.24, 2.45) is 0 Å². The summed E-state index contributed by atoms with van der Waals surface area (Å²) in [6, 6.07) is 15.1. The smallest absolute Gasteiger partial charge is 0.414 e. The third-order valence-electron chi connectivity index (χ3n) is 10.4. The minimum absolute atomic E-state index is 0.0651. The minimum atomic E-state index is -1.02. The van der Waals surface area contributed by atoms with E-state index in [1.165, 1.54) is 25.1 Å². The Labute approximate surface area is 286 Å². The van der Waals surface area contributed by atoms with Gasteiger partial charge >= 0.3 is 12.1 Å². The van der Waals surface area contributed by atoms with Gasteiger partial charge in [-0.3, -0.25) is 9.80 Å². The largest absolute Gasteiger partial charge is 0.478 e. The molecule has 2 aromatic carbocycles. The molecular formula is C37H45N7O5. The molecule has 0 unspecified atom stereocenters. The second kappa shape index (κ2) is 14.5. The second-order valence-corrected chi connectivity index (χ2v) is 13.4. The van der Waals surface area contributed by atoms with Crippen LogP contribution in [0.1, 0.15) is 72.4 Å². The molecule has 1 aliphatic carbocycles. The summed E-state index contributed by atoms with van der Waals surface area (Å²) < 4.78 is 14.2. The highest BCUT2D eigenvalue weighted by molar-refractivity contribution is 5.95. The van der Waals surface area contributed by atoms with Gasteiger partial charge in [0, 0.05) is 69.2 Å². The molecule has 12 heteroatoms. The van der Waals surface area contributed by atoms with Gasteiger partial charge in [0.25, 0.3) is 0 Å². The van der Waals surface area contributed by atoms with Crippen molar-refractivity contribution in [1.82, 2.24) is 24.4 Å². The maximum Gasteiger partial charge on any atom is 0.414 e. The third kappa shape index (κ3) is 6.98. The lowest BCUT2D eigenvalue weighted by molar-refractivity contribution is 0.00420. The van der Waals surface area contributed by atoms with E-state index in [-0.39, 0.29) is 29.8 Å². The van der Waals surface area contributed by atoms with E-state index in [1.54, 1.807) is 4.90 Å². The number of aryl methyl sites for hydroxylation is 1. The molecule has 1 amide bonds. The molecule has 4 aromatic rings. The van der Waals surface area contributed by atoms with Crippen LogP contribution in [0.15, 0.2) is 54.9 Å². The number of hydrogen-bond acceptors (Lipinski definition) is 9. The van der Waals surface area contributed by atoms with E-state index in [1.807, 2.05) is 6.07 Å². The van der Waals surface area contributed by atoms with Crippen LogP contribution in [0.5, 0.6) is 0 Å².